The summed E-state index contributed by atoms with van der Waals surface area (Å²) in [7, 11) is -3.44. The van der Waals surface area contributed by atoms with Crippen LogP contribution in [0.3, 0.4) is 0 Å². The van der Waals surface area contributed by atoms with E-state index in [1.54, 1.807) is 4.31 Å². The first-order valence-corrected chi connectivity index (χ1v) is 8.42. The molecule has 18 heavy (non-hydrogen) atoms. The molecule has 1 saturated carbocycles. The van der Waals surface area contributed by atoms with E-state index in [4.69, 9.17) is 0 Å². The summed E-state index contributed by atoms with van der Waals surface area (Å²) in [6, 6.07) is -0.241. The van der Waals surface area contributed by atoms with Crippen molar-refractivity contribution < 1.29 is 13.5 Å². The van der Waals surface area contributed by atoms with E-state index < -0.39 is 16.3 Å². The molecule has 1 aliphatic carbocycles. The van der Waals surface area contributed by atoms with E-state index in [0.717, 1.165) is 38.5 Å². The first kappa shape index (κ1) is 14.2. The van der Waals surface area contributed by atoms with Crippen LogP contribution in [-0.4, -0.2) is 42.6 Å². The van der Waals surface area contributed by atoms with Gasteiger partial charge in [-0.15, -0.1) is 0 Å². The van der Waals surface area contributed by atoms with Crippen molar-refractivity contribution in [2.75, 3.05) is 6.54 Å². The Morgan fingerprint density at radius 3 is 2.44 bits per heavy atom. The maximum Gasteiger partial charge on any atom is 0.280 e. The predicted octanol–water partition coefficient (Wildman–Crippen LogP) is 0.999. The Labute approximate surface area is 110 Å². The molecule has 1 aliphatic heterocycles. The van der Waals surface area contributed by atoms with E-state index in [9.17, 15) is 13.5 Å². The van der Waals surface area contributed by atoms with Crippen LogP contribution in [0.2, 0.25) is 0 Å². The predicted molar refractivity (Wildman–Crippen MR) is 70.3 cm³/mol. The molecule has 0 aromatic heterocycles. The Kier molecular flexibility index (Phi) is 4.64. The highest BCUT2D eigenvalue weighted by Gasteiger charge is 2.33. The number of hydrogen-bond acceptors (Lipinski definition) is 3. The largest absolute Gasteiger partial charge is 0.391 e. The second-order valence-electron chi connectivity index (χ2n) is 5.54. The fourth-order valence-corrected chi connectivity index (χ4v) is 4.68. The van der Waals surface area contributed by atoms with Gasteiger partial charge in [0.1, 0.15) is 0 Å². The number of aliphatic hydroxyl groups is 1. The molecule has 3 atom stereocenters. The summed E-state index contributed by atoms with van der Waals surface area (Å²) in [5.41, 5.74) is 0. The number of aliphatic hydroxyl groups excluding tert-OH is 1. The van der Waals surface area contributed by atoms with Crippen molar-refractivity contribution in [3.05, 3.63) is 0 Å². The Morgan fingerprint density at radius 2 is 1.78 bits per heavy atom. The lowest BCUT2D eigenvalue weighted by Gasteiger charge is -2.35. The number of hydrogen-bond donors (Lipinski definition) is 2. The van der Waals surface area contributed by atoms with E-state index in [2.05, 4.69) is 4.72 Å². The molecule has 0 bridgehead atoms. The van der Waals surface area contributed by atoms with Crippen LogP contribution in [-0.2, 0) is 10.2 Å². The van der Waals surface area contributed by atoms with E-state index in [1.807, 2.05) is 6.92 Å². The molecule has 106 valence electrons. The van der Waals surface area contributed by atoms with Crippen molar-refractivity contribution in [3.63, 3.8) is 0 Å². The van der Waals surface area contributed by atoms with Crippen LogP contribution < -0.4 is 4.72 Å². The third-order valence-electron chi connectivity index (χ3n) is 4.08. The number of nitrogens with zero attached hydrogens (tertiary/aromatic N) is 1. The van der Waals surface area contributed by atoms with Crippen molar-refractivity contribution in [3.8, 4) is 0 Å². The Bertz CT molecular complexity index is 372. The zero-order valence-electron chi connectivity index (χ0n) is 11.0. The normalized spacial score (nSPS) is 35.6. The summed E-state index contributed by atoms with van der Waals surface area (Å²) < 4.78 is 28.9. The van der Waals surface area contributed by atoms with Crippen LogP contribution in [0.15, 0.2) is 0 Å². The molecule has 0 radical (unpaired) electrons. The van der Waals surface area contributed by atoms with Crippen molar-refractivity contribution in [2.24, 2.45) is 0 Å². The van der Waals surface area contributed by atoms with Crippen LogP contribution in [0, 0.1) is 0 Å². The molecule has 2 rings (SSSR count). The van der Waals surface area contributed by atoms with E-state index in [-0.39, 0.29) is 12.1 Å². The van der Waals surface area contributed by atoms with Gasteiger partial charge in [0.05, 0.1) is 6.10 Å². The van der Waals surface area contributed by atoms with Crippen LogP contribution in [0.25, 0.3) is 0 Å². The topological polar surface area (TPSA) is 69.6 Å². The maximum atomic E-state index is 12.3. The smallest absolute Gasteiger partial charge is 0.280 e. The van der Waals surface area contributed by atoms with Gasteiger partial charge in [-0.1, -0.05) is 19.3 Å². The molecule has 1 unspecified atom stereocenters. The van der Waals surface area contributed by atoms with Gasteiger partial charge >= 0.3 is 0 Å². The average molecular weight is 276 g/mol. The summed E-state index contributed by atoms with van der Waals surface area (Å²) >= 11 is 0. The van der Waals surface area contributed by atoms with Gasteiger partial charge in [-0.25, -0.2) is 0 Å². The number of nitrogens with one attached hydrogen (secondary N) is 1. The van der Waals surface area contributed by atoms with Gasteiger partial charge in [0.15, 0.2) is 0 Å². The van der Waals surface area contributed by atoms with Crippen LogP contribution >= 0.6 is 0 Å². The average Bonchev–Trinajstić information content (AvgIpc) is 2.32. The second-order valence-corrected chi connectivity index (χ2v) is 7.19. The lowest BCUT2D eigenvalue weighted by Crippen LogP contribution is -2.53. The maximum absolute atomic E-state index is 12.3. The van der Waals surface area contributed by atoms with Crippen molar-refractivity contribution in [1.29, 1.82) is 0 Å². The van der Waals surface area contributed by atoms with Gasteiger partial charge in [-0.2, -0.15) is 17.4 Å². The van der Waals surface area contributed by atoms with Gasteiger partial charge in [0.2, 0.25) is 0 Å². The quantitative estimate of drug-likeness (QED) is 0.808. The summed E-state index contributed by atoms with van der Waals surface area (Å²) in [5, 5.41) is 9.85. The van der Waals surface area contributed by atoms with Gasteiger partial charge in [0.25, 0.3) is 10.2 Å². The first-order valence-electron chi connectivity index (χ1n) is 6.98. The molecule has 2 N–H and O–H groups in total. The molecule has 2 aliphatic rings. The monoisotopic (exact) mass is 276 g/mol. The lowest BCUT2D eigenvalue weighted by molar-refractivity contribution is 0.0995. The fourth-order valence-electron chi connectivity index (χ4n) is 2.94. The standard InChI is InChI=1S/C12H24N2O3S/c1-10-6-4-5-9-14(10)18(16,17)13-11-7-2-3-8-12(11)15/h10-13,15H,2-9H2,1H3/t10?,11-,12-/m0/s1. The van der Waals surface area contributed by atoms with E-state index in [1.165, 1.54) is 0 Å². The van der Waals surface area contributed by atoms with E-state index in [0.29, 0.717) is 13.0 Å². The molecule has 0 aromatic carbocycles. The van der Waals surface area contributed by atoms with Crippen LogP contribution in [0.4, 0.5) is 0 Å². The van der Waals surface area contributed by atoms with Crippen LogP contribution in [0.5, 0.6) is 0 Å². The lowest BCUT2D eigenvalue weighted by atomic mass is 9.93. The Hall–Kier alpha value is -0.170. The molecule has 1 heterocycles. The fraction of sp³-hybridized carbons (Fsp3) is 1.00. The van der Waals surface area contributed by atoms with Crippen molar-refractivity contribution in [2.45, 2.75) is 70.1 Å². The van der Waals surface area contributed by atoms with E-state index >= 15 is 0 Å². The minimum atomic E-state index is -3.44. The highest BCUT2D eigenvalue weighted by atomic mass is 32.2. The summed E-state index contributed by atoms with van der Waals surface area (Å²) in [6.45, 7) is 2.55. The summed E-state index contributed by atoms with van der Waals surface area (Å²) in [6.07, 6.45) is 5.82. The molecule has 5 nitrogen and oxygen atoms in total. The zero-order chi connectivity index (χ0) is 13.2. The number of piperidine rings is 1. The van der Waals surface area contributed by atoms with Crippen molar-refractivity contribution >= 4 is 10.2 Å². The Morgan fingerprint density at radius 1 is 1.11 bits per heavy atom. The molecule has 1 saturated heterocycles. The highest BCUT2D eigenvalue weighted by molar-refractivity contribution is 7.87. The SMILES string of the molecule is CC1CCCCN1S(=O)(=O)N[C@H]1CCCC[C@@H]1O. The molecule has 6 heteroatoms. The summed E-state index contributed by atoms with van der Waals surface area (Å²) in [4.78, 5) is 0. The van der Waals surface area contributed by atoms with Gasteiger partial charge in [-0.3, -0.25) is 0 Å². The second kappa shape index (κ2) is 5.86. The molecule has 0 aromatic rings. The van der Waals surface area contributed by atoms with Crippen LogP contribution in [0.1, 0.15) is 51.9 Å². The zero-order valence-corrected chi connectivity index (χ0v) is 11.8. The minimum absolute atomic E-state index is 0.0667. The first-order chi connectivity index (χ1) is 8.50. The van der Waals surface area contributed by atoms with Gasteiger partial charge < -0.3 is 5.11 Å². The highest BCUT2D eigenvalue weighted by Crippen LogP contribution is 2.23. The molecular formula is C12H24N2O3S. The summed E-state index contributed by atoms with van der Waals surface area (Å²) in [5.74, 6) is 0. The molecule has 0 amide bonds. The van der Waals surface area contributed by atoms with Crippen molar-refractivity contribution in [1.82, 2.24) is 9.03 Å². The number of rotatable bonds is 3. The molecule has 0 spiro atoms. The third-order valence-corrected chi connectivity index (χ3v) is 5.84. The molecular weight excluding hydrogens is 252 g/mol. The third kappa shape index (κ3) is 3.23. The van der Waals surface area contributed by atoms with Gasteiger partial charge in [-0.05, 0) is 32.6 Å². The Balaban J connectivity index is 2.01. The minimum Gasteiger partial charge on any atom is -0.391 e. The van der Waals surface area contributed by atoms with Gasteiger partial charge in [0, 0.05) is 18.6 Å². The molecule has 2 fully saturated rings.